The summed E-state index contributed by atoms with van der Waals surface area (Å²) in [6.45, 7) is 13.9. The van der Waals surface area contributed by atoms with Crippen LogP contribution < -0.4 is 9.13 Å². The first-order valence-electron chi connectivity index (χ1n) is 19.4. The Bertz CT molecular complexity index is 2880. The maximum absolute atomic E-state index is 2.51. The predicted octanol–water partition coefficient (Wildman–Crippen LogP) is 12.3. The van der Waals surface area contributed by atoms with Crippen LogP contribution in [0.3, 0.4) is 0 Å². The number of nitrogens with zero attached hydrogens (tertiary/aromatic N) is 2. The SMILES string of the molecule is CC(C)(C)c1ccc2c(c1)-c1cc(C(C)(C)C)cc[n+]1/C(=C1\Cc3cc4c5ccccc5c5ccccc5c4cc3-c3cc(-c4ccccc4)cc[n+]31)C2. The summed E-state index contributed by atoms with van der Waals surface area (Å²) in [5, 5.41) is 7.88. The van der Waals surface area contributed by atoms with E-state index in [-0.39, 0.29) is 10.8 Å². The molecule has 0 aliphatic carbocycles. The number of benzene rings is 6. The molecule has 8 aromatic rings. The molecule has 0 radical (unpaired) electrons. The molecule has 6 aromatic carbocycles. The van der Waals surface area contributed by atoms with E-state index in [9.17, 15) is 0 Å². The lowest BCUT2D eigenvalue weighted by Gasteiger charge is -2.26. The molecule has 0 saturated carbocycles. The van der Waals surface area contributed by atoms with Crippen molar-refractivity contribution in [2.45, 2.75) is 65.2 Å². The van der Waals surface area contributed by atoms with Gasteiger partial charge in [-0.25, -0.2) is 0 Å². The molecule has 0 atom stereocenters. The van der Waals surface area contributed by atoms with Crippen molar-refractivity contribution < 1.29 is 9.13 Å². The summed E-state index contributed by atoms with van der Waals surface area (Å²) in [4.78, 5) is 0. The Kier molecular flexibility index (Phi) is 7.17. The van der Waals surface area contributed by atoms with Gasteiger partial charge in [0.25, 0.3) is 11.4 Å². The lowest BCUT2D eigenvalue weighted by atomic mass is 9.81. The van der Waals surface area contributed by atoms with Crippen LogP contribution in [-0.2, 0) is 23.7 Å². The molecule has 0 saturated heterocycles. The molecule has 0 unspecified atom stereocenters. The Morgan fingerprint density at radius 1 is 0.389 bits per heavy atom. The third kappa shape index (κ3) is 5.15. The molecule has 2 aromatic heterocycles. The van der Waals surface area contributed by atoms with Crippen LogP contribution in [0.5, 0.6) is 0 Å². The maximum Gasteiger partial charge on any atom is 0.259 e. The Morgan fingerprint density at radius 2 is 0.889 bits per heavy atom. The maximum atomic E-state index is 2.51. The van der Waals surface area contributed by atoms with Gasteiger partial charge in [0.1, 0.15) is 0 Å². The molecule has 0 fully saturated rings. The molecule has 2 nitrogen and oxygen atoms in total. The average Bonchev–Trinajstić information content (AvgIpc) is 3.19. The van der Waals surface area contributed by atoms with Crippen molar-refractivity contribution in [1.82, 2.24) is 0 Å². The lowest BCUT2D eigenvalue weighted by Crippen LogP contribution is -2.47. The molecule has 262 valence electrons. The van der Waals surface area contributed by atoms with Gasteiger partial charge in [-0.2, -0.15) is 9.13 Å². The summed E-state index contributed by atoms with van der Waals surface area (Å²) in [7, 11) is 0. The summed E-state index contributed by atoms with van der Waals surface area (Å²) in [5.41, 5.74) is 15.9. The van der Waals surface area contributed by atoms with Crippen molar-refractivity contribution >= 4 is 43.7 Å². The van der Waals surface area contributed by atoms with Crippen molar-refractivity contribution in [3.05, 3.63) is 168 Å². The van der Waals surface area contributed by atoms with Gasteiger partial charge in [-0.1, -0.05) is 133 Å². The molecular formula is C52H46N2+2. The molecule has 2 aliphatic heterocycles. The third-order valence-corrected chi connectivity index (χ3v) is 12.0. The van der Waals surface area contributed by atoms with E-state index in [0.717, 1.165) is 12.8 Å². The minimum atomic E-state index is 0.0368. The topological polar surface area (TPSA) is 7.76 Å². The first-order chi connectivity index (χ1) is 26.0. The van der Waals surface area contributed by atoms with E-state index in [2.05, 4.69) is 197 Å². The normalized spacial score (nSPS) is 15.2. The fraction of sp³-hybridized carbons (Fsp3) is 0.192. The van der Waals surface area contributed by atoms with Crippen LogP contribution in [0.4, 0.5) is 0 Å². The van der Waals surface area contributed by atoms with Crippen LogP contribution in [0.25, 0.3) is 77.4 Å². The second kappa shape index (κ2) is 11.8. The van der Waals surface area contributed by atoms with E-state index in [1.54, 1.807) is 0 Å². The third-order valence-electron chi connectivity index (χ3n) is 12.0. The summed E-state index contributed by atoms with van der Waals surface area (Å²) in [5.74, 6) is 0. The van der Waals surface area contributed by atoms with Gasteiger partial charge in [0.2, 0.25) is 11.4 Å². The molecule has 10 rings (SSSR count). The van der Waals surface area contributed by atoms with Crippen LogP contribution in [0.2, 0.25) is 0 Å². The summed E-state index contributed by atoms with van der Waals surface area (Å²) in [6.07, 6.45) is 6.38. The van der Waals surface area contributed by atoms with Gasteiger partial charge in [-0.3, -0.25) is 0 Å². The standard InChI is InChI=1S/C52H46N2/c1-51(2,3)37-21-20-35-28-49(54-25-23-38(52(4,5)6)31-48(54)43(35)30-37)50-29-36-26-45-41-18-12-10-16-39(41)40-17-11-13-19-42(40)46(45)32-44(36)47-27-34(22-24-53(47)50)33-14-8-7-9-15-33/h7-27,30-32H,28-29H2,1-6H3/q+2/b50-49+. The number of hydrogen-bond donors (Lipinski definition) is 0. The van der Waals surface area contributed by atoms with Crippen molar-refractivity contribution in [2.24, 2.45) is 0 Å². The molecule has 2 aliphatic rings. The van der Waals surface area contributed by atoms with E-state index in [4.69, 9.17) is 0 Å². The first-order valence-corrected chi connectivity index (χ1v) is 19.4. The van der Waals surface area contributed by atoms with Gasteiger partial charge in [0, 0.05) is 24.3 Å². The highest BCUT2D eigenvalue weighted by Crippen LogP contribution is 2.43. The highest BCUT2D eigenvalue weighted by molar-refractivity contribution is 6.26. The zero-order valence-electron chi connectivity index (χ0n) is 32.2. The number of hydrogen-bond acceptors (Lipinski definition) is 0. The smallest absolute Gasteiger partial charge is 0.158 e. The highest BCUT2D eigenvalue weighted by Gasteiger charge is 2.40. The van der Waals surface area contributed by atoms with Gasteiger partial charge in [0.05, 0.1) is 24.0 Å². The molecule has 54 heavy (non-hydrogen) atoms. The minimum Gasteiger partial charge on any atom is -0.158 e. The lowest BCUT2D eigenvalue weighted by molar-refractivity contribution is -0.602. The van der Waals surface area contributed by atoms with Crippen LogP contribution in [-0.4, -0.2) is 0 Å². The van der Waals surface area contributed by atoms with Gasteiger partial charge in [-0.05, 0) is 94.7 Å². The van der Waals surface area contributed by atoms with Crippen molar-refractivity contribution in [1.29, 1.82) is 0 Å². The number of aromatic nitrogens is 2. The fourth-order valence-electron chi connectivity index (χ4n) is 8.99. The Labute approximate surface area is 318 Å². The molecule has 4 heterocycles. The van der Waals surface area contributed by atoms with Crippen LogP contribution in [0, 0.1) is 0 Å². The summed E-state index contributed by atoms with van der Waals surface area (Å²) < 4.78 is 5.01. The van der Waals surface area contributed by atoms with Crippen LogP contribution in [0.15, 0.2) is 146 Å². The van der Waals surface area contributed by atoms with Crippen molar-refractivity contribution in [3.63, 3.8) is 0 Å². The highest BCUT2D eigenvalue weighted by atomic mass is 15.1. The zero-order chi connectivity index (χ0) is 36.9. The predicted molar refractivity (Wildman–Crippen MR) is 226 cm³/mol. The summed E-state index contributed by atoms with van der Waals surface area (Å²) >= 11 is 0. The molecule has 2 heteroatoms. The Hall–Kier alpha value is -5.86. The number of rotatable bonds is 1. The van der Waals surface area contributed by atoms with E-state index >= 15 is 0 Å². The van der Waals surface area contributed by atoms with Gasteiger partial charge < -0.3 is 0 Å². The van der Waals surface area contributed by atoms with Crippen molar-refractivity contribution in [2.75, 3.05) is 0 Å². The van der Waals surface area contributed by atoms with E-state index in [1.165, 1.54) is 99.6 Å². The van der Waals surface area contributed by atoms with E-state index in [0.29, 0.717) is 0 Å². The van der Waals surface area contributed by atoms with E-state index < -0.39 is 0 Å². The summed E-state index contributed by atoms with van der Waals surface area (Å²) in [6, 6.07) is 50.4. The first kappa shape index (κ1) is 32.8. The second-order valence-electron chi connectivity index (χ2n) is 17.5. The van der Waals surface area contributed by atoms with Crippen molar-refractivity contribution in [3.8, 4) is 33.6 Å². The zero-order valence-corrected chi connectivity index (χ0v) is 32.2. The fourth-order valence-corrected chi connectivity index (χ4v) is 8.99. The molecule has 0 bridgehead atoms. The number of pyridine rings is 2. The van der Waals surface area contributed by atoms with Crippen LogP contribution in [0.1, 0.15) is 63.8 Å². The molecule has 0 spiro atoms. The Morgan fingerprint density at radius 3 is 1.52 bits per heavy atom. The number of allylic oxidation sites excluding steroid dienone is 2. The van der Waals surface area contributed by atoms with Gasteiger partial charge >= 0.3 is 0 Å². The van der Waals surface area contributed by atoms with Gasteiger partial charge in [-0.15, -0.1) is 0 Å². The second-order valence-corrected chi connectivity index (χ2v) is 17.5. The van der Waals surface area contributed by atoms with Gasteiger partial charge in [0.15, 0.2) is 12.4 Å². The monoisotopic (exact) mass is 698 g/mol. The molecular weight excluding hydrogens is 653 g/mol. The number of fused-ring (bicyclic) bond motifs is 12. The van der Waals surface area contributed by atoms with E-state index in [1.807, 2.05) is 0 Å². The Balaban J connectivity index is 1.27. The largest absolute Gasteiger partial charge is 0.259 e. The minimum absolute atomic E-state index is 0.0368. The van der Waals surface area contributed by atoms with Crippen LogP contribution >= 0.6 is 0 Å². The molecule has 0 N–H and O–H groups in total. The molecule has 0 amide bonds. The average molecular weight is 699 g/mol. The quantitative estimate of drug-likeness (QED) is 0.119.